The summed E-state index contributed by atoms with van der Waals surface area (Å²) in [6.45, 7) is 6.75. The molecule has 0 spiro atoms. The fourth-order valence-corrected chi connectivity index (χ4v) is 5.09. The molecule has 1 atom stereocenters. The molecule has 3 aromatic rings. The normalized spacial score (nSPS) is 16.6. The molecule has 5 nitrogen and oxygen atoms in total. The van der Waals surface area contributed by atoms with Crippen molar-refractivity contribution in [2.24, 2.45) is 0 Å². The van der Waals surface area contributed by atoms with Gasteiger partial charge in [-0.05, 0) is 34.8 Å². The van der Waals surface area contributed by atoms with Crippen LogP contribution < -0.4 is 10.1 Å². The molecule has 0 fully saturated rings. The van der Waals surface area contributed by atoms with E-state index in [0.717, 1.165) is 43.3 Å². The molecule has 0 aliphatic carbocycles. The lowest BCUT2D eigenvalue weighted by Gasteiger charge is -2.26. The molecule has 0 bridgehead atoms. The van der Waals surface area contributed by atoms with Crippen LogP contribution in [-0.2, 0) is 0 Å². The van der Waals surface area contributed by atoms with Crippen LogP contribution in [0.3, 0.4) is 0 Å². The largest absolute Gasteiger partial charge is 0.493 e. The van der Waals surface area contributed by atoms with Crippen LogP contribution in [0.2, 0.25) is 0 Å². The third-order valence-electron chi connectivity index (χ3n) is 4.62. The Bertz CT molecular complexity index is 992. The molecule has 1 amide bonds. The van der Waals surface area contributed by atoms with Gasteiger partial charge in [-0.3, -0.25) is 4.79 Å². The average molecular weight is 434 g/mol. The number of nitrogens with one attached hydrogen (secondary N) is 1. The highest BCUT2D eigenvalue weighted by Gasteiger charge is 2.28. The fraction of sp³-hybridized carbons (Fsp3) is 0.368. The van der Waals surface area contributed by atoms with Crippen molar-refractivity contribution in [1.29, 1.82) is 0 Å². The lowest BCUT2D eigenvalue weighted by atomic mass is 10.0. The number of ether oxygens (including phenoxy) is 1. The predicted molar refractivity (Wildman–Crippen MR) is 106 cm³/mol. The van der Waals surface area contributed by atoms with E-state index in [2.05, 4.69) is 40.2 Å². The number of fused-ring (bicyclic) bond motifs is 2. The minimum absolute atomic E-state index is 0.0351. The predicted octanol–water partition coefficient (Wildman–Crippen LogP) is 4.84. The van der Waals surface area contributed by atoms with Crippen LogP contribution in [-0.4, -0.2) is 22.1 Å². The summed E-state index contributed by atoms with van der Waals surface area (Å²) in [5, 5.41) is 7.81. The van der Waals surface area contributed by atoms with E-state index in [4.69, 9.17) is 4.74 Å². The average Bonchev–Trinajstić information content (AvgIpc) is 3.12. The van der Waals surface area contributed by atoms with Crippen molar-refractivity contribution < 1.29 is 9.53 Å². The van der Waals surface area contributed by atoms with Crippen LogP contribution >= 0.6 is 27.3 Å². The standard InChI is InChI=1S/C19H20BrN3O2S/c1-10(2)16-17(26-19-15(20)11(3)22-23(16)19)18(24)21-13-8-9-25-14-7-5-4-6-12(13)14/h4-7,10,13H,8-9H2,1-3H3,(H,21,24). The van der Waals surface area contributed by atoms with Crippen molar-refractivity contribution in [3.8, 4) is 5.75 Å². The molecule has 2 aromatic heterocycles. The topological polar surface area (TPSA) is 55.6 Å². The zero-order chi connectivity index (χ0) is 18.4. The van der Waals surface area contributed by atoms with Gasteiger partial charge >= 0.3 is 0 Å². The molecular formula is C19H20BrN3O2S. The van der Waals surface area contributed by atoms with Crippen LogP contribution in [0.5, 0.6) is 5.75 Å². The molecule has 0 radical (unpaired) electrons. The van der Waals surface area contributed by atoms with Gasteiger partial charge in [0.15, 0.2) is 0 Å². The van der Waals surface area contributed by atoms with Crippen molar-refractivity contribution >= 4 is 38.0 Å². The summed E-state index contributed by atoms with van der Waals surface area (Å²) in [5.74, 6) is 1.00. The van der Waals surface area contributed by atoms with E-state index < -0.39 is 0 Å². The second-order valence-electron chi connectivity index (χ2n) is 6.79. The number of rotatable bonds is 3. The van der Waals surface area contributed by atoms with E-state index >= 15 is 0 Å². The van der Waals surface area contributed by atoms with Crippen LogP contribution in [0, 0.1) is 6.92 Å². The summed E-state index contributed by atoms with van der Waals surface area (Å²) in [6.07, 6.45) is 0.769. The van der Waals surface area contributed by atoms with Crippen LogP contribution in [0.15, 0.2) is 28.7 Å². The van der Waals surface area contributed by atoms with Gasteiger partial charge in [-0.1, -0.05) is 32.0 Å². The van der Waals surface area contributed by atoms with E-state index in [1.165, 1.54) is 11.3 Å². The zero-order valence-electron chi connectivity index (χ0n) is 14.9. The molecule has 7 heteroatoms. The molecule has 1 aliphatic heterocycles. The van der Waals surface area contributed by atoms with E-state index in [9.17, 15) is 4.79 Å². The minimum atomic E-state index is -0.0459. The summed E-state index contributed by atoms with van der Waals surface area (Å²) in [4.78, 5) is 14.8. The Hall–Kier alpha value is -1.86. The van der Waals surface area contributed by atoms with Crippen LogP contribution in [0.4, 0.5) is 0 Å². The van der Waals surface area contributed by atoms with Gasteiger partial charge in [-0.15, -0.1) is 11.3 Å². The molecule has 0 saturated heterocycles. The van der Waals surface area contributed by atoms with Gasteiger partial charge in [0.2, 0.25) is 0 Å². The summed E-state index contributed by atoms with van der Waals surface area (Å²) in [7, 11) is 0. The lowest BCUT2D eigenvalue weighted by molar-refractivity contribution is 0.0927. The van der Waals surface area contributed by atoms with Crippen molar-refractivity contribution in [1.82, 2.24) is 14.9 Å². The number of aromatic nitrogens is 2. The first-order valence-electron chi connectivity index (χ1n) is 8.67. The minimum Gasteiger partial charge on any atom is -0.493 e. The summed E-state index contributed by atoms with van der Waals surface area (Å²) in [6, 6.07) is 7.86. The second kappa shape index (κ2) is 6.70. The Morgan fingerprint density at radius 3 is 2.96 bits per heavy atom. The number of halogens is 1. The Morgan fingerprint density at radius 2 is 2.19 bits per heavy atom. The number of aryl methyl sites for hydroxylation is 1. The van der Waals surface area contributed by atoms with Gasteiger partial charge in [0, 0.05) is 12.0 Å². The number of amides is 1. The Balaban J connectivity index is 1.70. The molecular weight excluding hydrogens is 414 g/mol. The third kappa shape index (κ3) is 2.83. The number of para-hydroxylation sites is 1. The number of benzene rings is 1. The number of carbonyl (C=O) groups is 1. The first-order chi connectivity index (χ1) is 12.5. The van der Waals surface area contributed by atoms with Crippen molar-refractivity contribution in [3.63, 3.8) is 0 Å². The van der Waals surface area contributed by atoms with Crippen LogP contribution in [0.1, 0.15) is 58.9 Å². The maximum absolute atomic E-state index is 13.1. The maximum atomic E-state index is 13.1. The van der Waals surface area contributed by atoms with Crippen LogP contribution in [0.25, 0.3) is 4.83 Å². The van der Waals surface area contributed by atoms with Gasteiger partial charge < -0.3 is 10.1 Å². The zero-order valence-corrected chi connectivity index (χ0v) is 17.3. The molecule has 1 aliphatic rings. The van der Waals surface area contributed by atoms with E-state index in [0.29, 0.717) is 6.61 Å². The van der Waals surface area contributed by atoms with Crippen molar-refractivity contribution in [2.75, 3.05) is 6.61 Å². The quantitative estimate of drug-likeness (QED) is 0.642. The maximum Gasteiger partial charge on any atom is 0.263 e. The third-order valence-corrected chi connectivity index (χ3v) is 7.01. The van der Waals surface area contributed by atoms with Gasteiger partial charge in [0.05, 0.1) is 28.5 Å². The Kier molecular flexibility index (Phi) is 4.52. The van der Waals surface area contributed by atoms with E-state index in [-0.39, 0.29) is 17.9 Å². The number of nitrogens with zero attached hydrogens (tertiary/aromatic N) is 2. The van der Waals surface area contributed by atoms with Gasteiger partial charge in [0.1, 0.15) is 15.5 Å². The number of thiazole rings is 1. The molecule has 3 heterocycles. The summed E-state index contributed by atoms with van der Waals surface area (Å²) in [5.41, 5.74) is 2.93. The number of hydrogen-bond donors (Lipinski definition) is 1. The summed E-state index contributed by atoms with van der Waals surface area (Å²) >= 11 is 5.08. The molecule has 1 aromatic carbocycles. The smallest absolute Gasteiger partial charge is 0.263 e. The highest BCUT2D eigenvalue weighted by Crippen LogP contribution is 2.36. The lowest BCUT2D eigenvalue weighted by Crippen LogP contribution is -2.32. The molecule has 26 heavy (non-hydrogen) atoms. The highest BCUT2D eigenvalue weighted by atomic mass is 79.9. The molecule has 136 valence electrons. The molecule has 1 N–H and O–H groups in total. The fourth-order valence-electron chi connectivity index (χ4n) is 3.37. The van der Waals surface area contributed by atoms with E-state index in [1.54, 1.807) is 0 Å². The first kappa shape index (κ1) is 17.5. The summed E-state index contributed by atoms with van der Waals surface area (Å²) < 4.78 is 8.56. The molecule has 1 unspecified atom stereocenters. The molecule has 4 rings (SSSR count). The van der Waals surface area contributed by atoms with Crippen molar-refractivity contribution in [2.45, 2.75) is 39.2 Å². The first-order valence-corrected chi connectivity index (χ1v) is 10.3. The number of hydrogen-bond acceptors (Lipinski definition) is 4. The Morgan fingerprint density at radius 1 is 1.42 bits per heavy atom. The second-order valence-corrected chi connectivity index (χ2v) is 8.58. The highest BCUT2D eigenvalue weighted by molar-refractivity contribution is 9.10. The van der Waals surface area contributed by atoms with Crippen molar-refractivity contribution in [3.05, 3.63) is 50.6 Å². The molecule has 0 saturated carbocycles. The monoisotopic (exact) mass is 433 g/mol. The SMILES string of the molecule is Cc1nn2c(C(C)C)c(C(=O)NC3CCOc4ccccc43)sc2c1Br. The van der Waals surface area contributed by atoms with Gasteiger partial charge in [0.25, 0.3) is 5.91 Å². The van der Waals surface area contributed by atoms with Gasteiger partial charge in [-0.25, -0.2) is 4.52 Å². The number of carbonyl (C=O) groups excluding carboxylic acids is 1. The Labute approximate surface area is 164 Å². The van der Waals surface area contributed by atoms with Gasteiger partial charge in [-0.2, -0.15) is 5.10 Å². The van der Waals surface area contributed by atoms with E-state index in [1.807, 2.05) is 35.7 Å².